The van der Waals surface area contributed by atoms with E-state index >= 15 is 0 Å². The average Bonchev–Trinajstić information content (AvgIpc) is 2.25. The molecule has 3 nitrogen and oxygen atoms in total. The van der Waals surface area contributed by atoms with Crippen molar-refractivity contribution in [3.05, 3.63) is 34.2 Å². The molecule has 0 saturated carbocycles. The van der Waals surface area contributed by atoms with Crippen LogP contribution < -0.4 is 5.32 Å². The zero-order chi connectivity index (χ0) is 11.5. The van der Waals surface area contributed by atoms with Crippen LogP contribution in [0.5, 0.6) is 0 Å². The summed E-state index contributed by atoms with van der Waals surface area (Å²) >= 11 is 3.46. The number of nitrogens with zero attached hydrogens (tertiary/aromatic N) is 2. The minimum Gasteiger partial charge on any atom is -0.319 e. The summed E-state index contributed by atoms with van der Waals surface area (Å²) in [6.07, 6.45) is 0.861. The van der Waals surface area contributed by atoms with Crippen molar-refractivity contribution >= 4 is 26.8 Å². The largest absolute Gasteiger partial charge is 0.319 e. The van der Waals surface area contributed by atoms with Gasteiger partial charge < -0.3 is 5.32 Å². The Morgan fingerprint density at radius 3 is 2.88 bits per heavy atom. The highest BCUT2D eigenvalue weighted by Gasteiger charge is 2.04. The maximum atomic E-state index is 4.55. The van der Waals surface area contributed by atoms with Crippen LogP contribution in [-0.4, -0.2) is 23.6 Å². The molecular weight excluding hydrogens is 266 g/mol. The minimum absolute atomic E-state index is 0.861. The first kappa shape index (κ1) is 11.5. The van der Waals surface area contributed by atoms with Gasteiger partial charge in [-0.2, -0.15) is 0 Å². The van der Waals surface area contributed by atoms with Gasteiger partial charge in [-0.05, 0) is 32.2 Å². The summed E-state index contributed by atoms with van der Waals surface area (Å²) in [5, 5.41) is 4.23. The standard InChI is InChI=1S/C12H14BrN3/c1-8-10-4-3-9(13)7-11(10)16-12(15-8)5-6-14-2/h3-4,7,14H,5-6H2,1-2H3. The summed E-state index contributed by atoms with van der Waals surface area (Å²) in [4.78, 5) is 9.06. The van der Waals surface area contributed by atoms with Crippen LogP contribution in [-0.2, 0) is 6.42 Å². The summed E-state index contributed by atoms with van der Waals surface area (Å²) in [7, 11) is 1.94. The smallest absolute Gasteiger partial charge is 0.130 e. The first-order valence-electron chi connectivity index (χ1n) is 5.28. The maximum absolute atomic E-state index is 4.55. The van der Waals surface area contributed by atoms with Crippen molar-refractivity contribution in [2.45, 2.75) is 13.3 Å². The van der Waals surface area contributed by atoms with Crippen LogP contribution in [0.1, 0.15) is 11.5 Å². The van der Waals surface area contributed by atoms with E-state index in [9.17, 15) is 0 Å². The highest BCUT2D eigenvalue weighted by Crippen LogP contribution is 2.20. The molecule has 0 fully saturated rings. The zero-order valence-electron chi connectivity index (χ0n) is 9.42. The van der Waals surface area contributed by atoms with Gasteiger partial charge in [-0.3, -0.25) is 0 Å². The van der Waals surface area contributed by atoms with Gasteiger partial charge in [-0.15, -0.1) is 0 Å². The third kappa shape index (κ3) is 2.39. The van der Waals surface area contributed by atoms with E-state index in [0.29, 0.717) is 0 Å². The molecule has 2 aromatic rings. The Balaban J connectivity index is 2.47. The number of fused-ring (bicyclic) bond motifs is 1. The van der Waals surface area contributed by atoms with Crippen molar-refractivity contribution in [3.8, 4) is 0 Å². The van der Waals surface area contributed by atoms with E-state index in [1.807, 2.05) is 26.1 Å². The van der Waals surface area contributed by atoms with E-state index in [1.54, 1.807) is 0 Å². The topological polar surface area (TPSA) is 37.8 Å². The first-order valence-corrected chi connectivity index (χ1v) is 6.07. The number of halogens is 1. The number of benzene rings is 1. The third-order valence-electron chi connectivity index (χ3n) is 2.49. The van der Waals surface area contributed by atoms with Crippen molar-refractivity contribution in [2.24, 2.45) is 0 Å². The number of rotatable bonds is 3. The molecule has 0 amide bonds. The van der Waals surface area contributed by atoms with Crippen LogP contribution in [0.15, 0.2) is 22.7 Å². The molecule has 0 saturated heterocycles. The number of hydrogen-bond donors (Lipinski definition) is 1. The van der Waals surface area contributed by atoms with Gasteiger partial charge in [0.2, 0.25) is 0 Å². The van der Waals surface area contributed by atoms with E-state index in [-0.39, 0.29) is 0 Å². The minimum atomic E-state index is 0.861. The second kappa shape index (κ2) is 4.89. The normalized spacial score (nSPS) is 10.9. The lowest BCUT2D eigenvalue weighted by Gasteiger charge is -2.05. The average molecular weight is 280 g/mol. The fourth-order valence-corrected chi connectivity index (χ4v) is 2.02. The molecule has 1 heterocycles. The summed E-state index contributed by atoms with van der Waals surface area (Å²) in [5.41, 5.74) is 2.05. The van der Waals surface area contributed by atoms with E-state index in [4.69, 9.17) is 0 Å². The quantitative estimate of drug-likeness (QED) is 0.938. The number of nitrogens with one attached hydrogen (secondary N) is 1. The fraction of sp³-hybridized carbons (Fsp3) is 0.333. The number of likely N-dealkylation sites (N-methyl/N-ethyl adjacent to an activating group) is 1. The lowest BCUT2D eigenvalue weighted by molar-refractivity contribution is 0.756. The summed E-state index contributed by atoms with van der Waals surface area (Å²) in [6, 6.07) is 6.11. The Labute approximate surface area is 103 Å². The van der Waals surface area contributed by atoms with Crippen LogP contribution in [0.2, 0.25) is 0 Å². The van der Waals surface area contributed by atoms with Gasteiger partial charge in [0.25, 0.3) is 0 Å². The van der Waals surface area contributed by atoms with E-state index in [2.05, 4.69) is 37.3 Å². The van der Waals surface area contributed by atoms with Gasteiger partial charge in [0.05, 0.1) is 5.52 Å². The summed E-state index contributed by atoms with van der Waals surface area (Å²) < 4.78 is 1.05. The van der Waals surface area contributed by atoms with Gasteiger partial charge in [-0.1, -0.05) is 15.9 Å². The van der Waals surface area contributed by atoms with Crippen molar-refractivity contribution in [1.82, 2.24) is 15.3 Å². The van der Waals surface area contributed by atoms with Gasteiger partial charge in [0.1, 0.15) is 5.82 Å². The third-order valence-corrected chi connectivity index (χ3v) is 2.99. The van der Waals surface area contributed by atoms with E-state index in [1.165, 1.54) is 0 Å². The molecule has 0 atom stereocenters. The fourth-order valence-electron chi connectivity index (χ4n) is 1.67. The molecule has 0 unspecified atom stereocenters. The Morgan fingerprint density at radius 1 is 1.31 bits per heavy atom. The van der Waals surface area contributed by atoms with Crippen molar-refractivity contribution in [3.63, 3.8) is 0 Å². The molecule has 1 N–H and O–H groups in total. The first-order chi connectivity index (χ1) is 7.70. The van der Waals surface area contributed by atoms with Gasteiger partial charge in [-0.25, -0.2) is 9.97 Å². The van der Waals surface area contributed by atoms with Crippen LogP contribution >= 0.6 is 15.9 Å². The van der Waals surface area contributed by atoms with Crippen LogP contribution in [0, 0.1) is 6.92 Å². The predicted octanol–water partition coefficient (Wildman–Crippen LogP) is 2.46. The van der Waals surface area contributed by atoms with Gasteiger partial charge in [0, 0.05) is 28.5 Å². The molecule has 16 heavy (non-hydrogen) atoms. The van der Waals surface area contributed by atoms with Crippen molar-refractivity contribution in [2.75, 3.05) is 13.6 Å². The predicted molar refractivity (Wildman–Crippen MR) is 69.6 cm³/mol. The van der Waals surface area contributed by atoms with Crippen LogP contribution in [0.25, 0.3) is 10.9 Å². The molecule has 0 radical (unpaired) electrons. The molecule has 0 spiro atoms. The molecule has 0 aliphatic carbocycles. The molecule has 84 valence electrons. The second-order valence-electron chi connectivity index (χ2n) is 3.74. The molecule has 2 rings (SSSR count). The number of aromatic nitrogens is 2. The van der Waals surface area contributed by atoms with Crippen LogP contribution in [0.4, 0.5) is 0 Å². The van der Waals surface area contributed by atoms with Crippen molar-refractivity contribution < 1.29 is 0 Å². The Hall–Kier alpha value is -1.00. The summed E-state index contributed by atoms with van der Waals surface area (Å²) in [6.45, 7) is 2.93. The lowest BCUT2D eigenvalue weighted by Crippen LogP contribution is -2.12. The Bertz CT molecular complexity index is 511. The maximum Gasteiger partial charge on any atom is 0.130 e. The Kier molecular flexibility index (Phi) is 3.51. The number of aryl methyl sites for hydroxylation is 1. The van der Waals surface area contributed by atoms with E-state index < -0.39 is 0 Å². The van der Waals surface area contributed by atoms with E-state index in [0.717, 1.165) is 39.9 Å². The highest BCUT2D eigenvalue weighted by molar-refractivity contribution is 9.10. The molecule has 1 aromatic carbocycles. The lowest BCUT2D eigenvalue weighted by atomic mass is 10.2. The molecule has 1 aromatic heterocycles. The van der Waals surface area contributed by atoms with Crippen molar-refractivity contribution in [1.29, 1.82) is 0 Å². The van der Waals surface area contributed by atoms with Gasteiger partial charge >= 0.3 is 0 Å². The SMILES string of the molecule is CNCCc1nc(C)c2ccc(Br)cc2n1. The molecular formula is C12H14BrN3. The Morgan fingerprint density at radius 2 is 2.12 bits per heavy atom. The zero-order valence-corrected chi connectivity index (χ0v) is 11.0. The monoisotopic (exact) mass is 279 g/mol. The molecule has 0 aliphatic heterocycles. The number of hydrogen-bond acceptors (Lipinski definition) is 3. The highest BCUT2D eigenvalue weighted by atomic mass is 79.9. The van der Waals surface area contributed by atoms with Crippen LogP contribution in [0.3, 0.4) is 0 Å². The second-order valence-corrected chi connectivity index (χ2v) is 4.66. The van der Waals surface area contributed by atoms with Gasteiger partial charge in [0.15, 0.2) is 0 Å². The summed E-state index contributed by atoms with van der Waals surface area (Å²) in [5.74, 6) is 0.900. The molecule has 0 bridgehead atoms. The molecule has 0 aliphatic rings. The molecule has 4 heteroatoms.